The zero-order valence-corrected chi connectivity index (χ0v) is 11.5. The maximum absolute atomic E-state index is 12.6. The molecule has 0 radical (unpaired) electrons. The summed E-state index contributed by atoms with van der Waals surface area (Å²) in [7, 11) is 0. The molecular weight excluding hydrogens is 254 g/mol. The second-order valence-corrected chi connectivity index (χ2v) is 5.51. The molecule has 106 valence electrons. The number of rotatable bonds is 3. The lowest BCUT2D eigenvalue weighted by Crippen LogP contribution is -2.37. The Labute approximate surface area is 117 Å². The number of aliphatic hydroxyl groups is 1. The fourth-order valence-corrected chi connectivity index (χ4v) is 2.98. The average molecular weight is 273 g/mol. The van der Waals surface area contributed by atoms with Crippen molar-refractivity contribution in [1.29, 1.82) is 0 Å². The van der Waals surface area contributed by atoms with Crippen molar-refractivity contribution in [2.45, 2.75) is 38.3 Å². The van der Waals surface area contributed by atoms with Crippen LogP contribution in [0.3, 0.4) is 0 Å². The van der Waals surface area contributed by atoms with Gasteiger partial charge in [-0.25, -0.2) is 4.98 Å². The predicted molar refractivity (Wildman–Crippen MR) is 76.5 cm³/mol. The SMILES string of the molecule is CC(O)CC1CCCN1C(=O)c1ccc2nc[nH]c2c1. The van der Waals surface area contributed by atoms with E-state index in [1.54, 1.807) is 13.3 Å². The number of fused-ring (bicyclic) bond motifs is 1. The van der Waals surface area contributed by atoms with E-state index in [9.17, 15) is 9.90 Å². The summed E-state index contributed by atoms with van der Waals surface area (Å²) in [5, 5.41) is 9.55. The van der Waals surface area contributed by atoms with E-state index in [0.29, 0.717) is 12.0 Å². The first-order valence-electron chi connectivity index (χ1n) is 7.07. The summed E-state index contributed by atoms with van der Waals surface area (Å²) in [6, 6.07) is 5.68. The van der Waals surface area contributed by atoms with E-state index >= 15 is 0 Å². The van der Waals surface area contributed by atoms with Crippen LogP contribution in [-0.2, 0) is 0 Å². The van der Waals surface area contributed by atoms with Gasteiger partial charge in [-0.05, 0) is 44.4 Å². The first-order valence-corrected chi connectivity index (χ1v) is 7.07. The number of amides is 1. The van der Waals surface area contributed by atoms with Crippen molar-refractivity contribution in [2.75, 3.05) is 6.54 Å². The van der Waals surface area contributed by atoms with Gasteiger partial charge in [0.2, 0.25) is 0 Å². The normalized spacial score (nSPS) is 20.5. The van der Waals surface area contributed by atoms with Gasteiger partial charge < -0.3 is 15.0 Å². The highest BCUT2D eigenvalue weighted by Crippen LogP contribution is 2.24. The molecule has 1 aliphatic heterocycles. The highest BCUT2D eigenvalue weighted by molar-refractivity contribution is 5.97. The summed E-state index contributed by atoms with van der Waals surface area (Å²) in [6.07, 6.45) is 3.89. The number of aliphatic hydroxyl groups excluding tert-OH is 1. The van der Waals surface area contributed by atoms with Crippen molar-refractivity contribution in [1.82, 2.24) is 14.9 Å². The van der Waals surface area contributed by atoms with E-state index in [1.165, 1.54) is 0 Å². The molecule has 20 heavy (non-hydrogen) atoms. The topological polar surface area (TPSA) is 69.2 Å². The summed E-state index contributed by atoms with van der Waals surface area (Å²) >= 11 is 0. The lowest BCUT2D eigenvalue weighted by atomic mass is 10.1. The van der Waals surface area contributed by atoms with Crippen LogP contribution in [0.2, 0.25) is 0 Å². The number of carbonyl (C=O) groups excluding carboxylic acids is 1. The average Bonchev–Trinajstić information content (AvgIpc) is 3.04. The molecule has 2 unspecified atom stereocenters. The van der Waals surface area contributed by atoms with Crippen LogP contribution in [0.1, 0.15) is 36.5 Å². The van der Waals surface area contributed by atoms with Gasteiger partial charge in [0.15, 0.2) is 0 Å². The van der Waals surface area contributed by atoms with Gasteiger partial charge in [-0.1, -0.05) is 0 Å². The number of carbonyl (C=O) groups is 1. The number of hydrogen-bond acceptors (Lipinski definition) is 3. The Morgan fingerprint density at radius 3 is 3.25 bits per heavy atom. The molecule has 1 amide bonds. The number of imidazole rings is 1. The number of H-pyrrole nitrogens is 1. The highest BCUT2D eigenvalue weighted by atomic mass is 16.3. The number of likely N-dealkylation sites (tertiary alicyclic amines) is 1. The van der Waals surface area contributed by atoms with Crippen molar-refractivity contribution in [2.24, 2.45) is 0 Å². The Morgan fingerprint density at radius 2 is 2.45 bits per heavy atom. The first-order chi connectivity index (χ1) is 9.65. The van der Waals surface area contributed by atoms with Crippen LogP contribution in [0.5, 0.6) is 0 Å². The minimum Gasteiger partial charge on any atom is -0.393 e. The van der Waals surface area contributed by atoms with Crippen molar-refractivity contribution < 1.29 is 9.90 Å². The summed E-state index contributed by atoms with van der Waals surface area (Å²) in [6.45, 7) is 2.55. The number of benzene rings is 1. The predicted octanol–water partition coefficient (Wildman–Crippen LogP) is 1.94. The third-order valence-corrected chi connectivity index (χ3v) is 3.92. The van der Waals surface area contributed by atoms with Crippen LogP contribution in [0.15, 0.2) is 24.5 Å². The lowest BCUT2D eigenvalue weighted by molar-refractivity contribution is 0.0682. The van der Waals surface area contributed by atoms with Crippen LogP contribution in [0, 0.1) is 0 Å². The quantitative estimate of drug-likeness (QED) is 0.898. The second-order valence-electron chi connectivity index (χ2n) is 5.51. The molecule has 5 nitrogen and oxygen atoms in total. The molecule has 0 aliphatic carbocycles. The molecule has 1 aliphatic rings. The van der Waals surface area contributed by atoms with Crippen molar-refractivity contribution in [3.63, 3.8) is 0 Å². The number of aromatic nitrogens is 2. The first kappa shape index (κ1) is 13.1. The number of hydrogen-bond donors (Lipinski definition) is 2. The smallest absolute Gasteiger partial charge is 0.254 e. The molecule has 0 spiro atoms. The zero-order chi connectivity index (χ0) is 14.1. The van der Waals surface area contributed by atoms with Gasteiger partial charge in [0.25, 0.3) is 5.91 Å². The maximum Gasteiger partial charge on any atom is 0.254 e. The second kappa shape index (κ2) is 5.25. The minimum absolute atomic E-state index is 0.0460. The Balaban J connectivity index is 1.83. The molecule has 1 aromatic carbocycles. The summed E-state index contributed by atoms with van der Waals surface area (Å²) in [5.41, 5.74) is 2.42. The molecule has 1 aromatic heterocycles. The fourth-order valence-electron chi connectivity index (χ4n) is 2.98. The van der Waals surface area contributed by atoms with Crippen LogP contribution in [0.25, 0.3) is 11.0 Å². The number of nitrogens with one attached hydrogen (secondary N) is 1. The molecule has 2 atom stereocenters. The van der Waals surface area contributed by atoms with E-state index in [1.807, 2.05) is 23.1 Å². The summed E-state index contributed by atoms with van der Waals surface area (Å²) in [5.74, 6) is 0.0460. The maximum atomic E-state index is 12.6. The third-order valence-electron chi connectivity index (χ3n) is 3.92. The van der Waals surface area contributed by atoms with Crippen molar-refractivity contribution >= 4 is 16.9 Å². The van der Waals surface area contributed by atoms with Crippen LogP contribution in [0.4, 0.5) is 0 Å². The van der Waals surface area contributed by atoms with Gasteiger partial charge in [0.05, 0.1) is 23.5 Å². The molecule has 2 heterocycles. The standard InChI is InChI=1S/C15H19N3O2/c1-10(19)7-12-3-2-6-18(12)15(20)11-4-5-13-14(8-11)17-9-16-13/h4-5,8-10,12,19H,2-3,6-7H2,1H3,(H,16,17). The van der Waals surface area contributed by atoms with Gasteiger partial charge in [-0.3, -0.25) is 4.79 Å². The van der Waals surface area contributed by atoms with Gasteiger partial charge in [-0.15, -0.1) is 0 Å². The Morgan fingerprint density at radius 1 is 1.60 bits per heavy atom. The molecule has 2 N–H and O–H groups in total. The molecule has 1 saturated heterocycles. The molecule has 5 heteroatoms. The van der Waals surface area contributed by atoms with Gasteiger partial charge in [0, 0.05) is 18.2 Å². The van der Waals surface area contributed by atoms with Gasteiger partial charge in [-0.2, -0.15) is 0 Å². The Bertz CT molecular complexity index is 620. The Kier molecular flexibility index (Phi) is 3.44. The zero-order valence-electron chi connectivity index (χ0n) is 11.5. The van der Waals surface area contributed by atoms with Gasteiger partial charge >= 0.3 is 0 Å². The molecule has 3 rings (SSSR count). The minimum atomic E-state index is -0.372. The molecule has 2 aromatic rings. The van der Waals surface area contributed by atoms with E-state index in [2.05, 4.69) is 9.97 Å². The van der Waals surface area contributed by atoms with Crippen molar-refractivity contribution in [3.8, 4) is 0 Å². The van der Waals surface area contributed by atoms with E-state index in [4.69, 9.17) is 0 Å². The fraction of sp³-hybridized carbons (Fsp3) is 0.467. The monoisotopic (exact) mass is 273 g/mol. The van der Waals surface area contributed by atoms with E-state index < -0.39 is 0 Å². The highest BCUT2D eigenvalue weighted by Gasteiger charge is 2.30. The van der Waals surface area contributed by atoms with Crippen LogP contribution in [-0.4, -0.2) is 44.6 Å². The lowest BCUT2D eigenvalue weighted by Gasteiger charge is -2.25. The largest absolute Gasteiger partial charge is 0.393 e. The van der Waals surface area contributed by atoms with E-state index in [0.717, 1.165) is 30.4 Å². The van der Waals surface area contributed by atoms with Crippen molar-refractivity contribution in [3.05, 3.63) is 30.1 Å². The summed E-state index contributed by atoms with van der Waals surface area (Å²) in [4.78, 5) is 21.7. The van der Waals surface area contributed by atoms with Crippen LogP contribution >= 0.6 is 0 Å². The molecule has 1 fully saturated rings. The molecule has 0 saturated carbocycles. The summed E-state index contributed by atoms with van der Waals surface area (Å²) < 4.78 is 0. The number of aromatic amines is 1. The molecule has 0 bridgehead atoms. The van der Waals surface area contributed by atoms with Crippen LogP contribution < -0.4 is 0 Å². The van der Waals surface area contributed by atoms with Gasteiger partial charge in [0.1, 0.15) is 0 Å². The molecular formula is C15H19N3O2. The third kappa shape index (κ3) is 2.41. The number of nitrogens with zero attached hydrogens (tertiary/aromatic N) is 2. The Hall–Kier alpha value is -1.88. The van der Waals surface area contributed by atoms with E-state index in [-0.39, 0.29) is 18.1 Å².